The minimum atomic E-state index is -0.128. The van der Waals surface area contributed by atoms with Crippen molar-refractivity contribution in [2.45, 2.75) is 97.3 Å². The Balaban J connectivity index is 2.92. The Bertz CT molecular complexity index is 169. The van der Waals surface area contributed by atoms with Gasteiger partial charge in [0.05, 0.1) is 0 Å². The summed E-state index contributed by atoms with van der Waals surface area (Å²) in [4.78, 5) is 0. The molecular formula is C18H38O2. The molecule has 2 nitrogen and oxygen atoms in total. The Morgan fingerprint density at radius 1 is 0.650 bits per heavy atom. The Hall–Kier alpha value is -0.0800. The van der Waals surface area contributed by atoms with Crippen LogP contribution in [0.25, 0.3) is 0 Å². The summed E-state index contributed by atoms with van der Waals surface area (Å²) in [5.74, 6) is 0.880. The fourth-order valence-electron chi connectivity index (χ4n) is 2.59. The summed E-state index contributed by atoms with van der Waals surface area (Å²) in [6, 6.07) is 0. The number of rotatable bonds is 16. The first kappa shape index (κ1) is 19.9. The van der Waals surface area contributed by atoms with E-state index in [1.807, 2.05) is 0 Å². The van der Waals surface area contributed by atoms with Crippen molar-refractivity contribution in [3.63, 3.8) is 0 Å². The molecule has 2 heteroatoms. The predicted molar refractivity (Wildman–Crippen MR) is 87.9 cm³/mol. The fourth-order valence-corrected chi connectivity index (χ4v) is 2.59. The van der Waals surface area contributed by atoms with Crippen molar-refractivity contribution in [3.8, 4) is 0 Å². The zero-order valence-electron chi connectivity index (χ0n) is 14.0. The molecule has 0 aromatic rings. The second kappa shape index (κ2) is 17.0. The predicted octanol–water partition coefficient (Wildman–Crippen LogP) is 5.68. The molecule has 0 saturated heterocycles. The first-order chi connectivity index (χ1) is 9.77. The molecule has 0 heterocycles. The van der Waals surface area contributed by atoms with Crippen molar-refractivity contribution in [1.29, 1.82) is 0 Å². The first-order valence-corrected chi connectivity index (χ1v) is 8.96. The molecule has 0 aliphatic carbocycles. The Kier molecular flexibility index (Phi) is 16.9. The van der Waals surface area contributed by atoms with Crippen molar-refractivity contribution in [3.05, 3.63) is 0 Å². The van der Waals surface area contributed by atoms with Gasteiger partial charge < -0.3 is 9.84 Å². The Morgan fingerprint density at radius 2 is 1.05 bits per heavy atom. The zero-order valence-corrected chi connectivity index (χ0v) is 14.0. The Morgan fingerprint density at radius 3 is 1.45 bits per heavy atom. The standard InChI is InChI=1S/C18H38O2/c1-18(2)15-13-11-9-7-5-3-4-6-8-10-12-14-16-20-17-19/h18-19H,3-17H2,1-2H3. The van der Waals surface area contributed by atoms with Gasteiger partial charge in [0.1, 0.15) is 6.79 Å². The van der Waals surface area contributed by atoms with Crippen LogP contribution in [0.1, 0.15) is 97.3 Å². The van der Waals surface area contributed by atoms with Gasteiger partial charge in [0.25, 0.3) is 0 Å². The highest BCUT2D eigenvalue weighted by molar-refractivity contribution is 4.50. The minimum absolute atomic E-state index is 0.128. The van der Waals surface area contributed by atoms with Crippen LogP contribution in [-0.4, -0.2) is 18.5 Å². The van der Waals surface area contributed by atoms with Crippen LogP contribution in [0, 0.1) is 5.92 Å². The van der Waals surface area contributed by atoms with Crippen molar-refractivity contribution in [2.75, 3.05) is 13.4 Å². The van der Waals surface area contributed by atoms with E-state index < -0.39 is 0 Å². The van der Waals surface area contributed by atoms with Crippen molar-refractivity contribution >= 4 is 0 Å². The lowest BCUT2D eigenvalue weighted by molar-refractivity contribution is -0.00284. The molecule has 0 saturated carbocycles. The van der Waals surface area contributed by atoms with Gasteiger partial charge in [0.15, 0.2) is 0 Å². The summed E-state index contributed by atoms with van der Waals surface area (Å²) in [7, 11) is 0. The van der Waals surface area contributed by atoms with Gasteiger partial charge in [-0.3, -0.25) is 0 Å². The summed E-state index contributed by atoms with van der Waals surface area (Å²) < 4.78 is 4.90. The lowest BCUT2D eigenvalue weighted by Gasteiger charge is -2.05. The van der Waals surface area contributed by atoms with Crippen LogP contribution in [0.15, 0.2) is 0 Å². The van der Waals surface area contributed by atoms with Crippen LogP contribution in [0.5, 0.6) is 0 Å². The van der Waals surface area contributed by atoms with Crippen LogP contribution in [-0.2, 0) is 4.74 Å². The average molecular weight is 286 g/mol. The van der Waals surface area contributed by atoms with E-state index in [9.17, 15) is 0 Å². The number of aliphatic hydroxyl groups is 1. The van der Waals surface area contributed by atoms with Gasteiger partial charge in [-0.15, -0.1) is 0 Å². The monoisotopic (exact) mass is 286 g/mol. The van der Waals surface area contributed by atoms with Crippen molar-refractivity contribution < 1.29 is 9.84 Å². The number of hydrogen-bond donors (Lipinski definition) is 1. The van der Waals surface area contributed by atoms with E-state index in [0.29, 0.717) is 6.61 Å². The van der Waals surface area contributed by atoms with Crippen LogP contribution in [0.4, 0.5) is 0 Å². The molecule has 0 unspecified atom stereocenters. The quantitative estimate of drug-likeness (QED) is 0.292. The maximum Gasteiger partial charge on any atom is 0.143 e. The molecule has 0 bridgehead atoms. The first-order valence-electron chi connectivity index (χ1n) is 8.96. The summed E-state index contributed by atoms with van der Waals surface area (Å²) >= 11 is 0. The fraction of sp³-hybridized carbons (Fsp3) is 1.00. The van der Waals surface area contributed by atoms with Crippen molar-refractivity contribution in [2.24, 2.45) is 5.92 Å². The molecule has 0 fully saturated rings. The number of unbranched alkanes of at least 4 members (excludes halogenated alkanes) is 11. The molecule has 0 radical (unpaired) electrons. The summed E-state index contributed by atoms with van der Waals surface area (Å²) in [5.41, 5.74) is 0. The average Bonchev–Trinajstić information content (AvgIpc) is 2.43. The minimum Gasteiger partial charge on any atom is -0.371 e. The highest BCUT2D eigenvalue weighted by Crippen LogP contribution is 2.14. The zero-order chi connectivity index (χ0) is 14.9. The second-order valence-electron chi connectivity index (χ2n) is 6.46. The molecule has 20 heavy (non-hydrogen) atoms. The molecule has 122 valence electrons. The van der Waals surface area contributed by atoms with E-state index in [0.717, 1.165) is 12.3 Å². The maximum atomic E-state index is 8.46. The van der Waals surface area contributed by atoms with Gasteiger partial charge >= 0.3 is 0 Å². The Labute approximate surface area is 127 Å². The largest absolute Gasteiger partial charge is 0.371 e. The molecule has 0 amide bonds. The number of aliphatic hydroxyl groups excluding tert-OH is 1. The lowest BCUT2D eigenvalue weighted by atomic mass is 10.0. The molecule has 0 aliphatic rings. The molecule has 0 atom stereocenters. The highest BCUT2D eigenvalue weighted by Gasteiger charge is 1.95. The third-order valence-corrected chi connectivity index (χ3v) is 3.91. The van der Waals surface area contributed by atoms with Crippen LogP contribution < -0.4 is 0 Å². The lowest BCUT2D eigenvalue weighted by Crippen LogP contribution is -1.95. The van der Waals surface area contributed by atoms with E-state index in [1.54, 1.807) is 0 Å². The highest BCUT2D eigenvalue weighted by atomic mass is 16.6. The van der Waals surface area contributed by atoms with Crippen LogP contribution in [0.3, 0.4) is 0 Å². The van der Waals surface area contributed by atoms with Crippen LogP contribution in [0.2, 0.25) is 0 Å². The molecule has 0 spiro atoms. The van der Waals surface area contributed by atoms with E-state index in [-0.39, 0.29) is 6.79 Å². The normalized spacial score (nSPS) is 11.4. The number of ether oxygens (including phenoxy) is 1. The SMILES string of the molecule is CC(C)CCCCCCCCCCCCCCOCO. The molecule has 0 rings (SSSR count). The smallest absolute Gasteiger partial charge is 0.143 e. The van der Waals surface area contributed by atoms with Gasteiger partial charge in [-0.2, -0.15) is 0 Å². The third-order valence-electron chi connectivity index (χ3n) is 3.91. The second-order valence-corrected chi connectivity index (χ2v) is 6.46. The van der Waals surface area contributed by atoms with Gasteiger partial charge in [0, 0.05) is 6.61 Å². The molecular weight excluding hydrogens is 248 g/mol. The van der Waals surface area contributed by atoms with E-state index in [2.05, 4.69) is 13.8 Å². The van der Waals surface area contributed by atoms with E-state index >= 15 is 0 Å². The third kappa shape index (κ3) is 17.9. The summed E-state index contributed by atoms with van der Waals surface area (Å²) in [6.07, 6.45) is 17.9. The molecule has 0 aromatic heterocycles. The van der Waals surface area contributed by atoms with Gasteiger partial charge in [-0.1, -0.05) is 90.9 Å². The van der Waals surface area contributed by atoms with Crippen LogP contribution >= 0.6 is 0 Å². The van der Waals surface area contributed by atoms with Gasteiger partial charge in [0.2, 0.25) is 0 Å². The van der Waals surface area contributed by atoms with Gasteiger partial charge in [-0.05, 0) is 12.3 Å². The molecule has 0 aliphatic heterocycles. The van der Waals surface area contributed by atoms with Crippen molar-refractivity contribution in [1.82, 2.24) is 0 Å². The van der Waals surface area contributed by atoms with Gasteiger partial charge in [-0.25, -0.2) is 0 Å². The number of hydrogen-bond acceptors (Lipinski definition) is 2. The topological polar surface area (TPSA) is 29.5 Å². The summed E-state index contributed by atoms with van der Waals surface area (Å²) in [5, 5.41) is 8.46. The van der Waals surface area contributed by atoms with E-state index in [1.165, 1.54) is 77.0 Å². The molecule has 0 aromatic carbocycles. The van der Waals surface area contributed by atoms with E-state index in [4.69, 9.17) is 9.84 Å². The molecule has 1 N–H and O–H groups in total. The maximum absolute atomic E-state index is 8.46. The summed E-state index contributed by atoms with van der Waals surface area (Å²) in [6.45, 7) is 5.23.